The molecule has 3 rings (SSSR count). The van der Waals surface area contributed by atoms with Crippen molar-refractivity contribution >= 4 is 22.9 Å². The summed E-state index contributed by atoms with van der Waals surface area (Å²) in [6, 6.07) is 20.8. The van der Waals surface area contributed by atoms with E-state index >= 15 is 0 Å². The first-order valence-electron chi connectivity index (χ1n) is 7.22. The SMILES string of the molecule is COc1ccc2cc(/C=N\NC(=O)c3ccccc3)ccc2c1. The van der Waals surface area contributed by atoms with Crippen LogP contribution in [-0.4, -0.2) is 19.2 Å². The van der Waals surface area contributed by atoms with Crippen molar-refractivity contribution in [2.45, 2.75) is 0 Å². The summed E-state index contributed by atoms with van der Waals surface area (Å²) < 4.78 is 5.21. The van der Waals surface area contributed by atoms with Gasteiger partial charge in [-0.1, -0.05) is 36.4 Å². The summed E-state index contributed by atoms with van der Waals surface area (Å²) in [4.78, 5) is 11.9. The zero-order valence-electron chi connectivity index (χ0n) is 12.7. The number of ether oxygens (including phenoxy) is 1. The summed E-state index contributed by atoms with van der Waals surface area (Å²) >= 11 is 0. The Hall–Kier alpha value is -3.14. The van der Waals surface area contributed by atoms with Gasteiger partial charge in [0.1, 0.15) is 5.75 Å². The van der Waals surface area contributed by atoms with Crippen LogP contribution in [0.25, 0.3) is 10.8 Å². The number of hydrogen-bond donors (Lipinski definition) is 1. The quantitative estimate of drug-likeness (QED) is 0.591. The van der Waals surface area contributed by atoms with Gasteiger partial charge in [-0.05, 0) is 46.7 Å². The molecule has 0 aliphatic rings. The first-order valence-corrected chi connectivity index (χ1v) is 7.22. The van der Waals surface area contributed by atoms with Crippen molar-refractivity contribution in [1.82, 2.24) is 5.43 Å². The van der Waals surface area contributed by atoms with E-state index in [9.17, 15) is 4.79 Å². The number of nitrogens with one attached hydrogen (secondary N) is 1. The number of methoxy groups -OCH3 is 1. The Balaban J connectivity index is 1.72. The number of amides is 1. The lowest BCUT2D eigenvalue weighted by atomic mass is 10.1. The molecule has 0 spiro atoms. The fourth-order valence-corrected chi connectivity index (χ4v) is 2.27. The van der Waals surface area contributed by atoms with Crippen molar-refractivity contribution < 1.29 is 9.53 Å². The fourth-order valence-electron chi connectivity index (χ4n) is 2.27. The first-order chi connectivity index (χ1) is 11.3. The van der Waals surface area contributed by atoms with E-state index in [0.29, 0.717) is 5.56 Å². The lowest BCUT2D eigenvalue weighted by Gasteiger charge is -2.03. The van der Waals surface area contributed by atoms with Crippen LogP contribution in [0.15, 0.2) is 71.8 Å². The van der Waals surface area contributed by atoms with Crippen molar-refractivity contribution in [3.63, 3.8) is 0 Å². The zero-order chi connectivity index (χ0) is 16.1. The monoisotopic (exact) mass is 304 g/mol. The minimum absolute atomic E-state index is 0.229. The van der Waals surface area contributed by atoms with Crippen LogP contribution < -0.4 is 10.2 Å². The molecule has 0 atom stereocenters. The number of hydrogen-bond acceptors (Lipinski definition) is 3. The summed E-state index contributed by atoms with van der Waals surface area (Å²) in [5, 5.41) is 6.19. The highest BCUT2D eigenvalue weighted by Crippen LogP contribution is 2.21. The molecule has 4 nitrogen and oxygen atoms in total. The average molecular weight is 304 g/mol. The molecule has 0 heterocycles. The van der Waals surface area contributed by atoms with Crippen molar-refractivity contribution in [2.24, 2.45) is 5.10 Å². The molecule has 23 heavy (non-hydrogen) atoms. The highest BCUT2D eigenvalue weighted by atomic mass is 16.5. The van der Waals surface area contributed by atoms with Gasteiger partial charge in [0.2, 0.25) is 0 Å². The second-order valence-electron chi connectivity index (χ2n) is 5.04. The second kappa shape index (κ2) is 6.75. The third kappa shape index (κ3) is 3.55. The molecule has 1 N–H and O–H groups in total. The third-order valence-electron chi connectivity index (χ3n) is 3.49. The summed E-state index contributed by atoms with van der Waals surface area (Å²) in [6.07, 6.45) is 1.63. The summed E-state index contributed by atoms with van der Waals surface area (Å²) in [6.45, 7) is 0. The summed E-state index contributed by atoms with van der Waals surface area (Å²) in [5.41, 5.74) is 4.02. The summed E-state index contributed by atoms with van der Waals surface area (Å²) in [7, 11) is 1.65. The number of carbonyl (C=O) groups excluding carboxylic acids is 1. The van der Waals surface area contributed by atoms with E-state index in [1.807, 2.05) is 54.6 Å². The van der Waals surface area contributed by atoms with Crippen LogP contribution in [0.3, 0.4) is 0 Å². The highest BCUT2D eigenvalue weighted by Gasteiger charge is 2.02. The molecule has 0 saturated carbocycles. The van der Waals surface area contributed by atoms with Crippen LogP contribution in [0, 0.1) is 0 Å². The van der Waals surface area contributed by atoms with Gasteiger partial charge in [0.15, 0.2) is 0 Å². The van der Waals surface area contributed by atoms with Crippen molar-refractivity contribution in [1.29, 1.82) is 0 Å². The third-order valence-corrected chi connectivity index (χ3v) is 3.49. The normalized spacial score (nSPS) is 10.8. The van der Waals surface area contributed by atoms with E-state index in [4.69, 9.17) is 4.74 Å². The summed E-state index contributed by atoms with van der Waals surface area (Å²) in [5.74, 6) is 0.599. The fraction of sp³-hybridized carbons (Fsp3) is 0.0526. The average Bonchev–Trinajstić information content (AvgIpc) is 2.62. The van der Waals surface area contributed by atoms with Gasteiger partial charge in [-0.15, -0.1) is 0 Å². The van der Waals surface area contributed by atoms with Crippen LogP contribution in [0.1, 0.15) is 15.9 Å². The van der Waals surface area contributed by atoms with Crippen LogP contribution in [0.2, 0.25) is 0 Å². The van der Waals surface area contributed by atoms with E-state index in [1.165, 1.54) is 0 Å². The Morgan fingerprint density at radius 2 is 1.74 bits per heavy atom. The van der Waals surface area contributed by atoms with Crippen LogP contribution >= 0.6 is 0 Å². The molecule has 0 radical (unpaired) electrons. The molecule has 0 aliphatic carbocycles. The maximum Gasteiger partial charge on any atom is 0.271 e. The molecule has 114 valence electrons. The Kier molecular flexibility index (Phi) is 4.34. The lowest BCUT2D eigenvalue weighted by molar-refractivity contribution is 0.0955. The molecule has 0 unspecified atom stereocenters. The van der Waals surface area contributed by atoms with Crippen LogP contribution in [-0.2, 0) is 0 Å². The number of nitrogens with zero attached hydrogens (tertiary/aromatic N) is 1. The van der Waals surface area contributed by atoms with Gasteiger partial charge in [0.05, 0.1) is 13.3 Å². The Morgan fingerprint density at radius 3 is 2.52 bits per heavy atom. The molecule has 1 amide bonds. The van der Waals surface area contributed by atoms with Gasteiger partial charge < -0.3 is 4.74 Å². The molecule has 3 aromatic rings. The van der Waals surface area contributed by atoms with Crippen LogP contribution in [0.4, 0.5) is 0 Å². The molecule has 3 aromatic carbocycles. The van der Waals surface area contributed by atoms with Crippen LogP contribution in [0.5, 0.6) is 5.75 Å². The molecule has 0 aromatic heterocycles. The maximum absolute atomic E-state index is 11.9. The van der Waals surface area contributed by atoms with Gasteiger partial charge in [-0.3, -0.25) is 4.79 Å². The van der Waals surface area contributed by atoms with Gasteiger partial charge >= 0.3 is 0 Å². The maximum atomic E-state index is 11.9. The van der Waals surface area contributed by atoms with E-state index < -0.39 is 0 Å². The highest BCUT2D eigenvalue weighted by molar-refractivity contribution is 5.95. The van der Waals surface area contributed by atoms with Gasteiger partial charge in [0, 0.05) is 5.56 Å². The minimum Gasteiger partial charge on any atom is -0.497 e. The molecular formula is C19H16N2O2. The first kappa shape index (κ1) is 14.8. The zero-order valence-corrected chi connectivity index (χ0v) is 12.7. The van der Waals surface area contributed by atoms with Crippen molar-refractivity contribution in [2.75, 3.05) is 7.11 Å². The number of fused-ring (bicyclic) bond motifs is 1. The van der Waals surface area contributed by atoms with E-state index in [-0.39, 0.29) is 5.91 Å². The topological polar surface area (TPSA) is 50.7 Å². The van der Waals surface area contributed by atoms with E-state index in [2.05, 4.69) is 10.5 Å². The number of hydrazone groups is 1. The standard InChI is InChI=1S/C19H16N2O2/c1-23-18-10-9-16-11-14(7-8-17(16)12-18)13-20-21-19(22)15-5-3-2-4-6-15/h2-13H,1H3,(H,21,22)/b20-13-. The predicted molar refractivity (Wildman–Crippen MR) is 92.0 cm³/mol. The van der Waals surface area contributed by atoms with E-state index in [0.717, 1.165) is 22.1 Å². The Bertz CT molecular complexity index is 858. The molecule has 0 aliphatic heterocycles. The van der Waals surface area contributed by atoms with E-state index in [1.54, 1.807) is 25.5 Å². The number of carbonyl (C=O) groups is 1. The van der Waals surface area contributed by atoms with Gasteiger partial charge in [-0.2, -0.15) is 5.10 Å². The number of rotatable bonds is 4. The molecule has 0 fully saturated rings. The van der Waals surface area contributed by atoms with Gasteiger partial charge in [0.25, 0.3) is 5.91 Å². The minimum atomic E-state index is -0.229. The Labute approximate surface area is 134 Å². The molecule has 4 heteroatoms. The number of benzene rings is 3. The van der Waals surface area contributed by atoms with Crippen molar-refractivity contribution in [3.05, 3.63) is 77.9 Å². The lowest BCUT2D eigenvalue weighted by Crippen LogP contribution is -2.17. The molecule has 0 saturated heterocycles. The second-order valence-corrected chi connectivity index (χ2v) is 5.04. The largest absolute Gasteiger partial charge is 0.497 e. The van der Waals surface area contributed by atoms with Gasteiger partial charge in [-0.25, -0.2) is 5.43 Å². The van der Waals surface area contributed by atoms with Crippen molar-refractivity contribution in [3.8, 4) is 5.75 Å². The smallest absolute Gasteiger partial charge is 0.271 e. The Morgan fingerprint density at radius 1 is 1.00 bits per heavy atom. The molecule has 0 bridgehead atoms. The molecular weight excluding hydrogens is 288 g/mol. The predicted octanol–water partition coefficient (Wildman–Crippen LogP) is 3.61.